The molecule has 1 spiro atoms. The van der Waals surface area contributed by atoms with Crippen LogP contribution in [0, 0.1) is 0 Å². The number of carbonyl (C=O) groups excluding carboxylic acids is 4. The third-order valence-electron chi connectivity index (χ3n) is 5.39. The molecule has 4 amide bonds. The summed E-state index contributed by atoms with van der Waals surface area (Å²) in [6.07, 6.45) is 1.03. The van der Waals surface area contributed by atoms with E-state index < -0.39 is 11.6 Å². The number of rotatable bonds is 6. The fraction of sp³-hybridized carbons (Fsp3) is 0.500. The van der Waals surface area contributed by atoms with Crippen molar-refractivity contribution in [1.29, 1.82) is 0 Å². The molecule has 2 heterocycles. The summed E-state index contributed by atoms with van der Waals surface area (Å²) in [5.74, 6) is 0.260. The van der Waals surface area contributed by atoms with E-state index in [1.165, 1.54) is 7.05 Å². The molecular weight excluding hydrogens is 362 g/mol. The van der Waals surface area contributed by atoms with E-state index in [4.69, 9.17) is 4.74 Å². The van der Waals surface area contributed by atoms with E-state index in [0.29, 0.717) is 43.9 Å². The van der Waals surface area contributed by atoms with Gasteiger partial charge in [-0.2, -0.15) is 0 Å². The Morgan fingerprint density at radius 2 is 1.75 bits per heavy atom. The molecule has 1 aromatic carbocycles. The van der Waals surface area contributed by atoms with Gasteiger partial charge in [0.25, 0.3) is 5.91 Å². The predicted molar refractivity (Wildman–Crippen MR) is 101 cm³/mol. The first-order valence-electron chi connectivity index (χ1n) is 9.50. The molecule has 8 nitrogen and oxygen atoms in total. The number of carbonyl (C=O) groups is 4. The summed E-state index contributed by atoms with van der Waals surface area (Å²) in [5.41, 5.74) is -0.336. The van der Waals surface area contributed by atoms with Crippen LogP contribution < -0.4 is 10.1 Å². The van der Waals surface area contributed by atoms with Gasteiger partial charge in [0.15, 0.2) is 5.78 Å². The number of hydrogen-bond donors (Lipinski definition) is 1. The molecule has 0 atom stereocenters. The van der Waals surface area contributed by atoms with Gasteiger partial charge < -0.3 is 15.0 Å². The number of piperidine rings is 1. The topological polar surface area (TPSA) is 96.0 Å². The largest absolute Gasteiger partial charge is 0.494 e. The zero-order chi connectivity index (χ0) is 20.3. The molecule has 0 saturated carbocycles. The third kappa shape index (κ3) is 3.85. The molecule has 0 aliphatic carbocycles. The average molecular weight is 387 g/mol. The summed E-state index contributed by atoms with van der Waals surface area (Å²) in [6.45, 7) is 3.22. The van der Waals surface area contributed by atoms with Gasteiger partial charge in [0.1, 0.15) is 11.3 Å². The van der Waals surface area contributed by atoms with Crippen LogP contribution in [0.2, 0.25) is 0 Å². The maximum Gasteiger partial charge on any atom is 0.324 e. The van der Waals surface area contributed by atoms with Crippen molar-refractivity contribution < 1.29 is 23.9 Å². The van der Waals surface area contributed by atoms with E-state index in [0.717, 1.165) is 4.90 Å². The number of hydrogen-bond acceptors (Lipinski definition) is 5. The molecule has 0 bridgehead atoms. The molecular formula is C20H25N3O5. The van der Waals surface area contributed by atoms with Crippen molar-refractivity contribution >= 4 is 23.6 Å². The van der Waals surface area contributed by atoms with Crippen molar-refractivity contribution in [1.82, 2.24) is 15.1 Å². The lowest BCUT2D eigenvalue weighted by Crippen LogP contribution is -2.55. The highest BCUT2D eigenvalue weighted by Crippen LogP contribution is 2.29. The molecule has 150 valence electrons. The van der Waals surface area contributed by atoms with E-state index in [9.17, 15) is 19.2 Å². The first-order valence-corrected chi connectivity index (χ1v) is 9.50. The highest BCUT2D eigenvalue weighted by atomic mass is 16.5. The summed E-state index contributed by atoms with van der Waals surface area (Å²) in [5, 5.41) is 2.75. The number of ether oxygens (including phenoxy) is 1. The molecule has 2 fully saturated rings. The zero-order valence-corrected chi connectivity index (χ0v) is 16.2. The second-order valence-corrected chi connectivity index (χ2v) is 7.14. The number of nitrogens with zero attached hydrogens (tertiary/aromatic N) is 2. The van der Waals surface area contributed by atoms with Crippen molar-refractivity contribution in [2.75, 3.05) is 26.7 Å². The average Bonchev–Trinajstić information content (AvgIpc) is 2.91. The molecule has 0 aromatic heterocycles. The minimum Gasteiger partial charge on any atom is -0.494 e. The van der Waals surface area contributed by atoms with Crippen LogP contribution in [0.4, 0.5) is 4.79 Å². The van der Waals surface area contributed by atoms with Gasteiger partial charge in [-0.15, -0.1) is 0 Å². The Morgan fingerprint density at radius 3 is 2.29 bits per heavy atom. The lowest BCUT2D eigenvalue weighted by Gasteiger charge is -2.37. The first kappa shape index (κ1) is 19.9. The molecule has 28 heavy (non-hydrogen) atoms. The van der Waals surface area contributed by atoms with Crippen LogP contribution >= 0.6 is 0 Å². The van der Waals surface area contributed by atoms with E-state index in [2.05, 4.69) is 5.32 Å². The number of likely N-dealkylation sites (tertiary alicyclic amines) is 1. The highest BCUT2D eigenvalue weighted by Gasteiger charge is 2.51. The van der Waals surface area contributed by atoms with Crippen molar-refractivity contribution in [3.8, 4) is 5.75 Å². The number of benzene rings is 1. The van der Waals surface area contributed by atoms with Crippen LogP contribution in [0.25, 0.3) is 0 Å². The number of Topliss-reactive ketones (excluding diaryl/α,β-unsaturated/α-hetero) is 1. The van der Waals surface area contributed by atoms with Crippen molar-refractivity contribution in [3.63, 3.8) is 0 Å². The van der Waals surface area contributed by atoms with E-state index >= 15 is 0 Å². The molecule has 1 aromatic rings. The summed E-state index contributed by atoms with van der Waals surface area (Å²) in [6, 6.07) is 6.49. The zero-order valence-electron chi connectivity index (χ0n) is 16.2. The quantitative estimate of drug-likeness (QED) is 0.591. The number of imide groups is 1. The normalized spacial score (nSPS) is 18.4. The Kier molecular flexibility index (Phi) is 5.67. The maximum atomic E-state index is 12.5. The number of likely N-dealkylation sites (N-methyl/N-ethyl adjacent to an activating group) is 1. The van der Waals surface area contributed by atoms with Gasteiger partial charge >= 0.3 is 6.03 Å². The van der Waals surface area contributed by atoms with Gasteiger partial charge in [-0.1, -0.05) is 0 Å². The Hall–Kier alpha value is -2.90. The Balaban J connectivity index is 1.49. The SMILES string of the molecule is CCOc1ccc(C(=O)CCC(=O)N2CCC3(CC2)NC(=O)N(C)C3=O)cc1. The number of urea groups is 1. The summed E-state index contributed by atoms with van der Waals surface area (Å²) >= 11 is 0. The van der Waals surface area contributed by atoms with Crippen LogP contribution in [0.15, 0.2) is 24.3 Å². The van der Waals surface area contributed by atoms with Crippen molar-refractivity contribution in [2.24, 2.45) is 0 Å². The predicted octanol–water partition coefficient (Wildman–Crippen LogP) is 1.59. The minimum absolute atomic E-state index is 0.0928. The van der Waals surface area contributed by atoms with Gasteiger partial charge in [-0.3, -0.25) is 19.3 Å². The monoisotopic (exact) mass is 387 g/mol. The molecule has 8 heteroatoms. The third-order valence-corrected chi connectivity index (χ3v) is 5.39. The lowest BCUT2D eigenvalue weighted by molar-refractivity contribution is -0.138. The van der Waals surface area contributed by atoms with Crippen LogP contribution in [0.1, 0.15) is 43.0 Å². The maximum absolute atomic E-state index is 12.5. The number of ketones is 1. The van der Waals surface area contributed by atoms with Gasteiger partial charge in [0.2, 0.25) is 5.91 Å². The van der Waals surface area contributed by atoms with Gasteiger partial charge in [0.05, 0.1) is 6.61 Å². The highest BCUT2D eigenvalue weighted by molar-refractivity contribution is 6.07. The van der Waals surface area contributed by atoms with Crippen LogP contribution in [0.5, 0.6) is 5.75 Å². The Morgan fingerprint density at radius 1 is 1.11 bits per heavy atom. The minimum atomic E-state index is -0.888. The molecule has 1 N–H and O–H groups in total. The van der Waals surface area contributed by atoms with Crippen LogP contribution in [0.3, 0.4) is 0 Å². The summed E-state index contributed by atoms with van der Waals surface area (Å²) in [7, 11) is 1.45. The Labute approximate surface area is 163 Å². The van der Waals surface area contributed by atoms with Crippen LogP contribution in [-0.2, 0) is 9.59 Å². The molecule has 0 radical (unpaired) electrons. The standard InChI is InChI=1S/C20H25N3O5/c1-3-28-15-6-4-14(5-7-15)16(24)8-9-17(25)23-12-10-20(11-13-23)18(26)22(2)19(27)21-20/h4-7H,3,8-13H2,1-2H3,(H,21,27). The number of amides is 4. The van der Waals surface area contributed by atoms with Crippen molar-refractivity contribution in [2.45, 2.75) is 38.1 Å². The van der Waals surface area contributed by atoms with E-state index in [1.54, 1.807) is 29.2 Å². The van der Waals surface area contributed by atoms with E-state index in [1.807, 2.05) is 6.92 Å². The molecule has 0 unspecified atom stereocenters. The fourth-order valence-electron chi connectivity index (χ4n) is 3.66. The Bertz CT molecular complexity index is 782. The van der Waals surface area contributed by atoms with Gasteiger partial charge in [0, 0.05) is 38.5 Å². The molecule has 2 aliphatic heterocycles. The second kappa shape index (κ2) is 8.00. The fourth-order valence-corrected chi connectivity index (χ4v) is 3.66. The molecule has 2 aliphatic rings. The number of nitrogens with one attached hydrogen (secondary N) is 1. The molecule has 3 rings (SSSR count). The first-order chi connectivity index (χ1) is 13.4. The van der Waals surface area contributed by atoms with Gasteiger partial charge in [-0.25, -0.2) is 4.79 Å². The van der Waals surface area contributed by atoms with Crippen molar-refractivity contribution in [3.05, 3.63) is 29.8 Å². The van der Waals surface area contributed by atoms with Crippen LogP contribution in [-0.4, -0.2) is 65.7 Å². The lowest BCUT2D eigenvalue weighted by atomic mass is 9.87. The molecule has 2 saturated heterocycles. The summed E-state index contributed by atoms with van der Waals surface area (Å²) < 4.78 is 5.35. The smallest absolute Gasteiger partial charge is 0.324 e. The van der Waals surface area contributed by atoms with E-state index in [-0.39, 0.29) is 30.4 Å². The second-order valence-electron chi connectivity index (χ2n) is 7.14. The van der Waals surface area contributed by atoms with Gasteiger partial charge in [-0.05, 0) is 44.0 Å². The summed E-state index contributed by atoms with van der Waals surface area (Å²) in [4.78, 5) is 51.5.